The second kappa shape index (κ2) is 10.1. The zero-order valence-electron chi connectivity index (χ0n) is 23.5. The molecule has 2 aliphatic heterocycles. The largest absolute Gasteiger partial charge is 0.504 e. The van der Waals surface area contributed by atoms with Crippen LogP contribution in [0, 0.1) is 23.7 Å². The van der Waals surface area contributed by atoms with Gasteiger partial charge >= 0.3 is 0 Å². The predicted octanol–water partition coefficient (Wildman–Crippen LogP) is 4.34. The summed E-state index contributed by atoms with van der Waals surface area (Å²) in [5.41, 5.74) is 2.10. The number of phenolic OH excluding ortho intramolecular Hbond substituents is 1. The molecule has 2 aromatic carbocycles. The second-order valence-corrected chi connectivity index (χ2v) is 12.7. The molecule has 2 heterocycles. The molecule has 1 saturated carbocycles. The number of imide groups is 2. The second-order valence-electron chi connectivity index (χ2n) is 11.4. The number of nitrogens with zero attached hydrogens (tertiary/aromatic N) is 2. The van der Waals surface area contributed by atoms with E-state index in [1.807, 2.05) is 6.08 Å². The minimum atomic E-state index is -1.87. The predicted molar refractivity (Wildman–Crippen MR) is 159 cm³/mol. The van der Waals surface area contributed by atoms with Crippen molar-refractivity contribution in [1.82, 2.24) is 4.90 Å². The van der Waals surface area contributed by atoms with Gasteiger partial charge in [-0.3, -0.25) is 33.8 Å². The summed E-state index contributed by atoms with van der Waals surface area (Å²) in [6.07, 6.45) is 5.37. The fourth-order valence-corrected chi connectivity index (χ4v) is 8.07. The first-order chi connectivity index (χ1) is 20.3. The number of ketones is 1. The summed E-state index contributed by atoms with van der Waals surface area (Å²) in [5.74, 6) is -5.10. The molecule has 0 radical (unpaired) electrons. The highest BCUT2D eigenvalue weighted by atomic mass is 35.5. The summed E-state index contributed by atoms with van der Waals surface area (Å²) in [7, 11) is 2.76. The van der Waals surface area contributed by atoms with Crippen molar-refractivity contribution in [3.8, 4) is 11.5 Å². The Kier molecular flexibility index (Phi) is 6.82. The lowest BCUT2D eigenvalue weighted by Gasteiger charge is -2.49. The monoisotopic (exact) mass is 622 g/mol. The molecule has 11 heteroatoms. The van der Waals surface area contributed by atoms with Gasteiger partial charge in [-0.2, -0.15) is 0 Å². The first kappa shape index (κ1) is 29.1. The average Bonchev–Trinajstić information content (AvgIpc) is 3.32. The van der Waals surface area contributed by atoms with Gasteiger partial charge in [-0.15, -0.1) is 23.2 Å². The van der Waals surface area contributed by atoms with E-state index in [2.05, 4.69) is 0 Å². The van der Waals surface area contributed by atoms with E-state index in [-0.39, 0.29) is 36.0 Å². The lowest BCUT2D eigenvalue weighted by molar-refractivity contribution is -0.138. The van der Waals surface area contributed by atoms with Crippen LogP contribution in [-0.4, -0.2) is 63.3 Å². The third kappa shape index (κ3) is 4.01. The lowest BCUT2D eigenvalue weighted by atomic mass is 9.57. The van der Waals surface area contributed by atoms with Crippen LogP contribution in [0.1, 0.15) is 35.7 Å². The number of fused-ring (bicyclic) bond motifs is 4. The Hall–Kier alpha value is -3.95. The molecule has 6 rings (SSSR count). The summed E-state index contributed by atoms with van der Waals surface area (Å²) in [6, 6.07) is 11.0. The molecule has 0 bridgehead atoms. The van der Waals surface area contributed by atoms with Crippen LogP contribution in [0.3, 0.4) is 0 Å². The number of rotatable bonds is 5. The first-order valence-corrected chi connectivity index (χ1v) is 14.5. The van der Waals surface area contributed by atoms with Crippen molar-refractivity contribution in [2.24, 2.45) is 23.7 Å². The molecule has 2 saturated heterocycles. The van der Waals surface area contributed by atoms with Crippen LogP contribution in [0.5, 0.6) is 11.5 Å². The van der Waals surface area contributed by atoms with E-state index in [4.69, 9.17) is 27.9 Å². The van der Waals surface area contributed by atoms with E-state index in [0.717, 1.165) is 9.80 Å². The highest BCUT2D eigenvalue weighted by Crippen LogP contribution is 2.63. The number of benzene rings is 2. The van der Waals surface area contributed by atoms with Gasteiger partial charge in [-0.05, 0) is 67.6 Å². The number of carbonyl (C=O) groups excluding carboxylic acids is 5. The summed E-state index contributed by atoms with van der Waals surface area (Å²) < 4.78 is 5.21. The molecule has 1 N–H and O–H groups in total. The number of hydrogen-bond donors (Lipinski definition) is 1. The quantitative estimate of drug-likeness (QED) is 0.228. The van der Waals surface area contributed by atoms with Crippen molar-refractivity contribution in [3.05, 3.63) is 71.3 Å². The van der Waals surface area contributed by atoms with Gasteiger partial charge in [0.15, 0.2) is 27.0 Å². The van der Waals surface area contributed by atoms with Crippen molar-refractivity contribution < 1.29 is 33.8 Å². The molecule has 0 aromatic heterocycles. The number of methoxy groups -OCH3 is 1. The number of amides is 4. The van der Waals surface area contributed by atoms with E-state index >= 15 is 0 Å². The Balaban J connectivity index is 1.43. The van der Waals surface area contributed by atoms with Gasteiger partial charge in [-0.1, -0.05) is 29.9 Å². The number of allylic oxidation sites excluding steroid dienone is 3. The van der Waals surface area contributed by atoms with Crippen molar-refractivity contribution in [2.45, 2.75) is 29.5 Å². The van der Waals surface area contributed by atoms with Crippen LogP contribution < -0.4 is 9.64 Å². The summed E-state index contributed by atoms with van der Waals surface area (Å²) in [5, 5.41) is 10.0. The molecule has 43 heavy (non-hydrogen) atoms. The summed E-state index contributed by atoms with van der Waals surface area (Å²) in [6.45, 7) is 1.43. The zero-order valence-corrected chi connectivity index (χ0v) is 25.1. The Labute approximate surface area is 257 Å². The van der Waals surface area contributed by atoms with Gasteiger partial charge in [-0.25, -0.2) is 0 Å². The maximum absolute atomic E-state index is 14.0. The molecular formula is C32H28Cl2N2O7. The standard InChI is InChI=1S/C32H28Cl2N2O7/c1-16(37)18-6-8-19(9-7-18)36-27(39)21-11-10-20-22(26(21)28(36)40)15-31(33)29(41)35(2)30(42)32(31,34)23(20)12-4-17-5-13-24(38)25(14-17)43-3/h4-10,12-14,21-23,26,38H,11,15H2,1-3H3/t21-,22+,23-,26-,31+,32-/m0/s1. The molecule has 9 nitrogen and oxygen atoms in total. The van der Waals surface area contributed by atoms with E-state index < -0.39 is 51.1 Å². The molecule has 0 unspecified atom stereocenters. The normalized spacial score (nSPS) is 31.7. The van der Waals surface area contributed by atoms with Crippen molar-refractivity contribution in [3.63, 3.8) is 0 Å². The molecule has 4 amide bonds. The topological polar surface area (TPSA) is 121 Å². The molecule has 6 atom stereocenters. The highest BCUT2D eigenvalue weighted by Gasteiger charge is 2.75. The van der Waals surface area contributed by atoms with Gasteiger partial charge in [0.05, 0.1) is 24.6 Å². The number of anilines is 1. The van der Waals surface area contributed by atoms with Crippen LogP contribution in [-0.2, 0) is 19.2 Å². The average molecular weight is 623 g/mol. The highest BCUT2D eigenvalue weighted by molar-refractivity contribution is 6.53. The molecule has 4 aliphatic rings. The smallest absolute Gasteiger partial charge is 0.253 e. The fraction of sp³-hybridized carbons (Fsp3) is 0.344. The Bertz CT molecular complexity index is 1670. The first-order valence-electron chi connectivity index (χ1n) is 13.8. The number of Topliss-reactive ketones (excluding diaryl/α,β-unsaturated/α-hetero) is 1. The zero-order chi connectivity index (χ0) is 31.0. The number of halogens is 2. The summed E-state index contributed by atoms with van der Waals surface area (Å²) in [4.78, 5) is 64.8. The molecular weight excluding hydrogens is 595 g/mol. The molecule has 2 aromatic rings. The van der Waals surface area contributed by atoms with Crippen molar-refractivity contribution >= 4 is 64.4 Å². The third-order valence-corrected chi connectivity index (χ3v) is 10.7. The van der Waals surface area contributed by atoms with Crippen molar-refractivity contribution in [2.75, 3.05) is 19.1 Å². The van der Waals surface area contributed by atoms with Gasteiger partial charge < -0.3 is 9.84 Å². The van der Waals surface area contributed by atoms with E-state index in [9.17, 15) is 29.1 Å². The SMILES string of the molecule is COc1cc(C=C[C@H]2C3=CC[C@@H]4C(=O)N(c5ccc(C(C)=O)cc5)C(=O)[C@@H]4[C@@H]3C[C@@]3(Cl)C(=O)N(C)C(=O)[C@@]23Cl)ccc1O. The number of likely N-dealkylation sites (tertiary alicyclic amines) is 1. The number of carbonyl (C=O) groups is 5. The number of hydrogen-bond acceptors (Lipinski definition) is 7. The lowest BCUT2D eigenvalue weighted by Crippen LogP contribution is -2.60. The minimum absolute atomic E-state index is 0.0462. The Morgan fingerprint density at radius 1 is 1.02 bits per heavy atom. The maximum Gasteiger partial charge on any atom is 0.253 e. The summed E-state index contributed by atoms with van der Waals surface area (Å²) >= 11 is 14.3. The number of ether oxygens (including phenoxy) is 1. The van der Waals surface area contributed by atoms with Gasteiger partial charge in [0.1, 0.15) is 0 Å². The van der Waals surface area contributed by atoms with Crippen LogP contribution >= 0.6 is 23.2 Å². The molecule has 3 fully saturated rings. The third-order valence-electron chi connectivity index (χ3n) is 9.29. The Morgan fingerprint density at radius 2 is 1.72 bits per heavy atom. The van der Waals surface area contributed by atoms with Crippen LogP contribution in [0.15, 0.2) is 60.2 Å². The molecule has 0 spiro atoms. The molecule has 222 valence electrons. The maximum atomic E-state index is 14.0. The van der Waals surface area contributed by atoms with Crippen LogP contribution in [0.2, 0.25) is 0 Å². The fourth-order valence-electron chi connectivity index (χ4n) is 7.10. The molecule has 2 aliphatic carbocycles. The van der Waals surface area contributed by atoms with Gasteiger partial charge in [0.2, 0.25) is 11.8 Å². The van der Waals surface area contributed by atoms with Crippen molar-refractivity contribution in [1.29, 1.82) is 0 Å². The van der Waals surface area contributed by atoms with Crippen LogP contribution in [0.25, 0.3) is 6.08 Å². The number of phenols is 1. The number of alkyl halides is 2. The van der Waals surface area contributed by atoms with Gasteiger partial charge in [0.25, 0.3) is 11.8 Å². The van der Waals surface area contributed by atoms with E-state index in [1.165, 1.54) is 27.1 Å². The van der Waals surface area contributed by atoms with Crippen LogP contribution in [0.4, 0.5) is 5.69 Å². The van der Waals surface area contributed by atoms with E-state index in [1.54, 1.807) is 48.6 Å². The number of aromatic hydroxyl groups is 1. The Morgan fingerprint density at radius 3 is 2.37 bits per heavy atom. The van der Waals surface area contributed by atoms with Gasteiger partial charge in [0, 0.05) is 18.5 Å². The van der Waals surface area contributed by atoms with E-state index in [0.29, 0.717) is 22.4 Å². The minimum Gasteiger partial charge on any atom is -0.504 e.